The molecule has 14 heavy (non-hydrogen) atoms. The summed E-state index contributed by atoms with van der Waals surface area (Å²) in [6, 6.07) is 0. The van der Waals surface area contributed by atoms with Gasteiger partial charge in [-0.05, 0) is 18.9 Å². The predicted molar refractivity (Wildman–Crippen MR) is 61.9 cm³/mol. The molecule has 0 aromatic heterocycles. The van der Waals surface area contributed by atoms with Crippen LogP contribution >= 0.6 is 0 Å². The molecule has 0 amide bonds. The molecule has 0 aliphatic heterocycles. The van der Waals surface area contributed by atoms with Crippen LogP contribution in [0.5, 0.6) is 0 Å². The molecule has 0 spiro atoms. The Morgan fingerprint density at radius 1 is 1.00 bits per heavy atom. The Labute approximate surface area is 87.0 Å². The van der Waals surface area contributed by atoms with Gasteiger partial charge in [-0.2, -0.15) is 0 Å². The SMILES string of the molecule is CCCCCCC/C=C\C=C\C=NO. The van der Waals surface area contributed by atoms with Crippen LogP contribution in [0, 0.1) is 0 Å². The third-order valence-electron chi connectivity index (χ3n) is 1.99. The van der Waals surface area contributed by atoms with Gasteiger partial charge in [0.25, 0.3) is 0 Å². The molecule has 2 heteroatoms. The highest BCUT2D eigenvalue weighted by atomic mass is 16.4. The van der Waals surface area contributed by atoms with Gasteiger partial charge in [0.2, 0.25) is 0 Å². The van der Waals surface area contributed by atoms with Crippen LogP contribution in [0.2, 0.25) is 0 Å². The fraction of sp³-hybridized carbons (Fsp3) is 0.583. The van der Waals surface area contributed by atoms with Crippen molar-refractivity contribution < 1.29 is 5.21 Å². The number of allylic oxidation sites excluding steroid dienone is 4. The fourth-order valence-electron chi connectivity index (χ4n) is 1.19. The molecule has 0 fully saturated rings. The van der Waals surface area contributed by atoms with E-state index >= 15 is 0 Å². The minimum absolute atomic E-state index is 1.14. The number of unbranched alkanes of at least 4 members (excludes halogenated alkanes) is 5. The van der Waals surface area contributed by atoms with E-state index in [1.165, 1.54) is 38.3 Å². The second-order valence-electron chi connectivity index (χ2n) is 3.28. The molecule has 0 saturated heterocycles. The molecular weight excluding hydrogens is 174 g/mol. The van der Waals surface area contributed by atoms with Crippen LogP contribution in [0.25, 0.3) is 0 Å². The smallest absolute Gasteiger partial charge is 0.0661 e. The fourth-order valence-corrected chi connectivity index (χ4v) is 1.19. The van der Waals surface area contributed by atoms with Crippen molar-refractivity contribution in [3.63, 3.8) is 0 Å². The van der Waals surface area contributed by atoms with Crippen LogP contribution in [0.3, 0.4) is 0 Å². The molecule has 0 aromatic rings. The molecule has 0 heterocycles. The standard InChI is InChI=1S/C12H21NO/c1-2-3-4-5-6-7-8-9-10-11-12-13-14/h8-12,14H,2-7H2,1H3/b9-8-,11-10+,13-12?. The van der Waals surface area contributed by atoms with Crippen molar-refractivity contribution in [2.24, 2.45) is 5.16 Å². The van der Waals surface area contributed by atoms with Gasteiger partial charge >= 0.3 is 0 Å². The molecule has 0 aliphatic carbocycles. The summed E-state index contributed by atoms with van der Waals surface area (Å²) in [7, 11) is 0. The molecule has 0 radical (unpaired) electrons. The summed E-state index contributed by atoms with van der Waals surface area (Å²) in [6.45, 7) is 2.23. The van der Waals surface area contributed by atoms with E-state index in [-0.39, 0.29) is 0 Å². The van der Waals surface area contributed by atoms with E-state index in [2.05, 4.69) is 18.2 Å². The van der Waals surface area contributed by atoms with Gasteiger partial charge in [-0.15, -0.1) is 0 Å². The van der Waals surface area contributed by atoms with Crippen LogP contribution in [0.1, 0.15) is 45.4 Å². The van der Waals surface area contributed by atoms with Crippen LogP contribution in [-0.2, 0) is 0 Å². The molecule has 0 rings (SSSR count). The first-order chi connectivity index (χ1) is 6.91. The lowest BCUT2D eigenvalue weighted by Crippen LogP contribution is -1.75. The Morgan fingerprint density at radius 3 is 2.50 bits per heavy atom. The van der Waals surface area contributed by atoms with Gasteiger partial charge in [-0.3, -0.25) is 0 Å². The monoisotopic (exact) mass is 195 g/mol. The first-order valence-corrected chi connectivity index (χ1v) is 5.41. The summed E-state index contributed by atoms with van der Waals surface area (Å²) >= 11 is 0. The van der Waals surface area contributed by atoms with Crippen LogP contribution in [0.4, 0.5) is 0 Å². The number of rotatable bonds is 8. The summed E-state index contributed by atoms with van der Waals surface area (Å²) in [5, 5.41) is 10.9. The van der Waals surface area contributed by atoms with Crippen molar-refractivity contribution in [2.45, 2.75) is 45.4 Å². The predicted octanol–water partition coefficient (Wildman–Crippen LogP) is 3.92. The number of hydrogen-bond acceptors (Lipinski definition) is 2. The van der Waals surface area contributed by atoms with E-state index < -0.39 is 0 Å². The quantitative estimate of drug-likeness (QED) is 0.206. The molecule has 2 nitrogen and oxygen atoms in total. The average Bonchev–Trinajstić information content (AvgIpc) is 2.21. The normalized spacial score (nSPS) is 12.4. The van der Waals surface area contributed by atoms with Gasteiger partial charge in [-0.1, -0.05) is 56.0 Å². The maximum atomic E-state index is 8.08. The maximum absolute atomic E-state index is 8.08. The summed E-state index contributed by atoms with van der Waals surface area (Å²) in [6.07, 6.45) is 16.8. The molecule has 0 aliphatic rings. The highest BCUT2D eigenvalue weighted by Gasteiger charge is 1.85. The zero-order valence-electron chi connectivity index (χ0n) is 9.02. The summed E-state index contributed by atoms with van der Waals surface area (Å²) < 4.78 is 0. The molecule has 0 atom stereocenters. The second-order valence-corrected chi connectivity index (χ2v) is 3.28. The zero-order valence-corrected chi connectivity index (χ0v) is 9.02. The largest absolute Gasteiger partial charge is 0.411 e. The van der Waals surface area contributed by atoms with Gasteiger partial charge < -0.3 is 5.21 Å². The molecule has 0 unspecified atom stereocenters. The molecular formula is C12H21NO. The van der Waals surface area contributed by atoms with Crippen molar-refractivity contribution in [1.82, 2.24) is 0 Å². The van der Waals surface area contributed by atoms with Gasteiger partial charge in [0.05, 0.1) is 6.21 Å². The zero-order chi connectivity index (χ0) is 10.5. The lowest BCUT2D eigenvalue weighted by atomic mass is 10.1. The van der Waals surface area contributed by atoms with Gasteiger partial charge in [0.15, 0.2) is 0 Å². The van der Waals surface area contributed by atoms with E-state index in [1.807, 2.05) is 12.2 Å². The lowest BCUT2D eigenvalue weighted by Gasteiger charge is -1.95. The van der Waals surface area contributed by atoms with Crippen molar-refractivity contribution >= 4 is 6.21 Å². The van der Waals surface area contributed by atoms with E-state index in [0.29, 0.717) is 0 Å². The molecule has 0 saturated carbocycles. The van der Waals surface area contributed by atoms with E-state index in [9.17, 15) is 0 Å². The van der Waals surface area contributed by atoms with E-state index in [1.54, 1.807) is 6.08 Å². The van der Waals surface area contributed by atoms with Crippen LogP contribution in [-0.4, -0.2) is 11.4 Å². The Balaban J connectivity index is 3.18. The Kier molecular flexibility index (Phi) is 11.1. The molecule has 0 aromatic carbocycles. The number of hydrogen-bond donors (Lipinski definition) is 1. The molecule has 0 bridgehead atoms. The van der Waals surface area contributed by atoms with Crippen molar-refractivity contribution in [3.05, 3.63) is 24.3 Å². The van der Waals surface area contributed by atoms with Crippen molar-refractivity contribution in [1.29, 1.82) is 0 Å². The highest BCUT2D eigenvalue weighted by molar-refractivity contribution is 5.70. The van der Waals surface area contributed by atoms with E-state index in [0.717, 1.165) is 6.42 Å². The summed E-state index contributed by atoms with van der Waals surface area (Å²) in [5.41, 5.74) is 0. The minimum Gasteiger partial charge on any atom is -0.411 e. The second kappa shape index (κ2) is 11.9. The Hall–Kier alpha value is -1.05. The minimum atomic E-state index is 1.14. The van der Waals surface area contributed by atoms with Crippen molar-refractivity contribution in [3.8, 4) is 0 Å². The van der Waals surface area contributed by atoms with Gasteiger partial charge in [0.1, 0.15) is 0 Å². The maximum Gasteiger partial charge on any atom is 0.0661 e. The highest BCUT2D eigenvalue weighted by Crippen LogP contribution is 2.05. The number of nitrogens with zero attached hydrogens (tertiary/aromatic N) is 1. The topological polar surface area (TPSA) is 32.6 Å². The third kappa shape index (κ3) is 11.0. The molecule has 1 N–H and O–H groups in total. The number of oxime groups is 1. The Bertz CT molecular complexity index is 183. The third-order valence-corrected chi connectivity index (χ3v) is 1.99. The van der Waals surface area contributed by atoms with Crippen molar-refractivity contribution in [2.75, 3.05) is 0 Å². The van der Waals surface area contributed by atoms with Gasteiger partial charge in [-0.25, -0.2) is 0 Å². The van der Waals surface area contributed by atoms with Crippen LogP contribution < -0.4 is 0 Å². The van der Waals surface area contributed by atoms with Gasteiger partial charge in [0, 0.05) is 0 Å². The van der Waals surface area contributed by atoms with Crippen LogP contribution in [0.15, 0.2) is 29.5 Å². The van der Waals surface area contributed by atoms with E-state index in [4.69, 9.17) is 5.21 Å². The summed E-state index contributed by atoms with van der Waals surface area (Å²) in [4.78, 5) is 0. The molecule has 80 valence electrons. The first kappa shape index (κ1) is 12.9. The summed E-state index contributed by atoms with van der Waals surface area (Å²) in [5.74, 6) is 0. The average molecular weight is 195 g/mol. The first-order valence-electron chi connectivity index (χ1n) is 5.41. The Morgan fingerprint density at radius 2 is 1.79 bits per heavy atom. The lowest BCUT2D eigenvalue weighted by molar-refractivity contribution is 0.322.